The monoisotopic (exact) mass is 170 g/mol. The van der Waals surface area contributed by atoms with Crippen molar-refractivity contribution in [2.75, 3.05) is 0 Å². The second-order valence-corrected chi connectivity index (χ2v) is 2.69. The summed E-state index contributed by atoms with van der Waals surface area (Å²) in [4.78, 5) is 20.5. The van der Waals surface area contributed by atoms with Crippen LogP contribution in [0.3, 0.4) is 0 Å². The summed E-state index contributed by atoms with van der Waals surface area (Å²) in [5.41, 5.74) is 0. The van der Waals surface area contributed by atoms with Crippen LogP contribution in [0.15, 0.2) is 12.2 Å². The third kappa shape index (κ3) is 8.88. The highest BCUT2D eigenvalue weighted by molar-refractivity contribution is 5.79. The number of carboxylic acids is 1. The van der Waals surface area contributed by atoms with Crippen molar-refractivity contribution < 1.29 is 14.7 Å². The van der Waals surface area contributed by atoms with Crippen LogP contribution in [-0.2, 0) is 9.59 Å². The first kappa shape index (κ1) is 10.9. The minimum atomic E-state index is -0.915. The third-order valence-corrected chi connectivity index (χ3v) is 1.41. The van der Waals surface area contributed by atoms with Gasteiger partial charge in [-0.3, -0.25) is 0 Å². The van der Waals surface area contributed by atoms with Crippen LogP contribution >= 0.6 is 0 Å². The van der Waals surface area contributed by atoms with Gasteiger partial charge in [0.05, 0.1) is 0 Å². The van der Waals surface area contributed by atoms with Gasteiger partial charge < -0.3 is 9.90 Å². The molecule has 3 heteroatoms. The van der Waals surface area contributed by atoms with Crippen molar-refractivity contribution in [1.29, 1.82) is 0 Å². The number of aliphatic carboxylic acids is 1. The normalized spacial score (nSPS) is 10.4. The molecule has 12 heavy (non-hydrogen) atoms. The number of rotatable bonds is 6. The molecule has 0 aromatic carbocycles. The van der Waals surface area contributed by atoms with E-state index in [4.69, 9.17) is 5.11 Å². The van der Waals surface area contributed by atoms with Gasteiger partial charge in [-0.15, -0.1) is 0 Å². The summed E-state index contributed by atoms with van der Waals surface area (Å²) in [6.07, 6.45) is 5.80. The predicted octanol–water partition coefficient (Wildman–Crippen LogP) is 1.78. The molecule has 0 atom stereocenters. The molecule has 0 heterocycles. The topological polar surface area (TPSA) is 54.4 Å². The maximum Gasteiger partial charge on any atom is 0.327 e. The lowest BCUT2D eigenvalue weighted by molar-refractivity contribution is -0.131. The maximum absolute atomic E-state index is 10.5. The number of carbonyl (C=O) groups is 2. The molecule has 0 aromatic rings. The summed E-state index contributed by atoms with van der Waals surface area (Å²) in [5.74, 6) is -0.723. The molecule has 0 radical (unpaired) electrons. The lowest BCUT2D eigenvalue weighted by Gasteiger charge is -1.92. The summed E-state index contributed by atoms with van der Waals surface area (Å²) < 4.78 is 0. The molecule has 0 aliphatic heterocycles. The molecule has 0 aromatic heterocycles. The molecule has 0 saturated carbocycles. The summed E-state index contributed by atoms with van der Waals surface area (Å²) in [5, 5.41) is 8.22. The number of unbranched alkanes of at least 4 members (excludes halogenated alkanes) is 2. The second kappa shape index (κ2) is 6.58. The van der Waals surface area contributed by atoms with E-state index >= 15 is 0 Å². The highest BCUT2D eigenvalue weighted by Gasteiger charge is 1.92. The van der Waals surface area contributed by atoms with Crippen LogP contribution in [0.4, 0.5) is 0 Å². The Kier molecular flexibility index (Phi) is 5.97. The number of carboxylic acid groups (broad SMARTS) is 1. The van der Waals surface area contributed by atoms with E-state index in [0.717, 1.165) is 25.3 Å². The van der Waals surface area contributed by atoms with Gasteiger partial charge in [-0.1, -0.05) is 6.08 Å². The highest BCUT2D eigenvalue weighted by Crippen LogP contribution is 2.00. The smallest absolute Gasteiger partial charge is 0.327 e. The lowest BCUT2D eigenvalue weighted by Crippen LogP contribution is -1.89. The fraction of sp³-hybridized carbons (Fsp3) is 0.556. The largest absolute Gasteiger partial charge is 0.478 e. The van der Waals surface area contributed by atoms with Gasteiger partial charge >= 0.3 is 5.97 Å². The molecule has 68 valence electrons. The number of allylic oxidation sites excluding steroid dienone is 1. The molecule has 0 fully saturated rings. The molecule has 3 nitrogen and oxygen atoms in total. The zero-order valence-corrected chi connectivity index (χ0v) is 7.25. The van der Waals surface area contributed by atoms with E-state index in [-0.39, 0.29) is 5.78 Å². The van der Waals surface area contributed by atoms with Crippen molar-refractivity contribution in [2.24, 2.45) is 0 Å². The van der Waals surface area contributed by atoms with Crippen LogP contribution in [0.25, 0.3) is 0 Å². The lowest BCUT2D eigenvalue weighted by atomic mass is 10.1. The summed E-state index contributed by atoms with van der Waals surface area (Å²) in [7, 11) is 0. The molecular weight excluding hydrogens is 156 g/mol. The standard InChI is InChI=1S/C9H14O3/c1-8(10)6-4-2-3-5-7-9(11)12/h5,7H,2-4,6H2,1H3,(H,11,12)/b7-5+. The molecule has 0 aliphatic carbocycles. The van der Waals surface area contributed by atoms with Crippen molar-refractivity contribution in [3.8, 4) is 0 Å². The van der Waals surface area contributed by atoms with E-state index in [1.807, 2.05) is 0 Å². The number of Topliss-reactive ketones (excluding diaryl/α,β-unsaturated/α-hetero) is 1. The Labute approximate surface area is 72.1 Å². The van der Waals surface area contributed by atoms with Gasteiger partial charge in [-0.25, -0.2) is 4.79 Å². The van der Waals surface area contributed by atoms with Crippen molar-refractivity contribution in [2.45, 2.75) is 32.6 Å². The van der Waals surface area contributed by atoms with Gasteiger partial charge in [0.2, 0.25) is 0 Å². The highest BCUT2D eigenvalue weighted by atomic mass is 16.4. The Morgan fingerprint density at radius 3 is 2.50 bits per heavy atom. The van der Waals surface area contributed by atoms with E-state index in [1.54, 1.807) is 13.0 Å². The molecule has 0 unspecified atom stereocenters. The van der Waals surface area contributed by atoms with Gasteiger partial charge in [0.1, 0.15) is 5.78 Å². The quantitative estimate of drug-likeness (QED) is 0.488. The van der Waals surface area contributed by atoms with Crippen LogP contribution in [-0.4, -0.2) is 16.9 Å². The second-order valence-electron chi connectivity index (χ2n) is 2.69. The van der Waals surface area contributed by atoms with E-state index in [0.29, 0.717) is 6.42 Å². The minimum absolute atomic E-state index is 0.192. The van der Waals surface area contributed by atoms with Crippen molar-refractivity contribution >= 4 is 11.8 Å². The van der Waals surface area contributed by atoms with E-state index in [9.17, 15) is 9.59 Å². The van der Waals surface area contributed by atoms with E-state index in [1.165, 1.54) is 0 Å². The summed E-state index contributed by atoms with van der Waals surface area (Å²) in [6, 6.07) is 0. The Morgan fingerprint density at radius 2 is 2.00 bits per heavy atom. The number of hydrogen-bond donors (Lipinski definition) is 1. The fourth-order valence-corrected chi connectivity index (χ4v) is 0.820. The van der Waals surface area contributed by atoms with Gasteiger partial charge in [0, 0.05) is 12.5 Å². The molecule has 0 amide bonds. The minimum Gasteiger partial charge on any atom is -0.478 e. The van der Waals surface area contributed by atoms with E-state index in [2.05, 4.69) is 0 Å². The van der Waals surface area contributed by atoms with Crippen LogP contribution in [0.5, 0.6) is 0 Å². The predicted molar refractivity (Wildman–Crippen MR) is 45.9 cm³/mol. The fourth-order valence-electron chi connectivity index (χ4n) is 0.820. The van der Waals surface area contributed by atoms with Crippen molar-refractivity contribution in [3.05, 3.63) is 12.2 Å². The molecule has 0 spiro atoms. The van der Waals surface area contributed by atoms with Crippen LogP contribution < -0.4 is 0 Å². The first-order valence-electron chi connectivity index (χ1n) is 4.02. The zero-order chi connectivity index (χ0) is 9.40. The summed E-state index contributed by atoms with van der Waals surface area (Å²) in [6.45, 7) is 1.56. The molecule has 0 rings (SSSR count). The molecule has 0 aliphatic rings. The number of ketones is 1. The summed E-state index contributed by atoms with van der Waals surface area (Å²) >= 11 is 0. The third-order valence-electron chi connectivity index (χ3n) is 1.41. The Balaban J connectivity index is 3.21. The van der Waals surface area contributed by atoms with Gasteiger partial charge in [0.15, 0.2) is 0 Å². The molecule has 1 N–H and O–H groups in total. The first-order valence-corrected chi connectivity index (χ1v) is 4.02. The van der Waals surface area contributed by atoms with Gasteiger partial charge in [-0.2, -0.15) is 0 Å². The SMILES string of the molecule is CC(=O)CCCC/C=C/C(=O)O. The maximum atomic E-state index is 10.5. The van der Waals surface area contributed by atoms with Gasteiger partial charge in [0.25, 0.3) is 0 Å². The Morgan fingerprint density at radius 1 is 1.33 bits per heavy atom. The van der Waals surface area contributed by atoms with Crippen molar-refractivity contribution in [3.63, 3.8) is 0 Å². The average Bonchev–Trinajstić information content (AvgIpc) is 1.95. The van der Waals surface area contributed by atoms with E-state index < -0.39 is 5.97 Å². The number of hydrogen-bond acceptors (Lipinski definition) is 2. The zero-order valence-electron chi connectivity index (χ0n) is 7.25. The van der Waals surface area contributed by atoms with Crippen LogP contribution in [0.1, 0.15) is 32.6 Å². The molecule has 0 saturated heterocycles. The Hall–Kier alpha value is -1.12. The number of carbonyl (C=O) groups excluding carboxylic acids is 1. The molecule has 0 bridgehead atoms. The van der Waals surface area contributed by atoms with Crippen LogP contribution in [0, 0.1) is 0 Å². The van der Waals surface area contributed by atoms with Crippen molar-refractivity contribution in [1.82, 2.24) is 0 Å². The van der Waals surface area contributed by atoms with Gasteiger partial charge in [-0.05, 0) is 26.2 Å². The van der Waals surface area contributed by atoms with Crippen LogP contribution in [0.2, 0.25) is 0 Å². The molecular formula is C9H14O3. The first-order chi connectivity index (χ1) is 5.63. The Bertz CT molecular complexity index is 182. The average molecular weight is 170 g/mol.